The normalized spacial score (nSPS) is 15.7. The fourth-order valence-corrected chi connectivity index (χ4v) is 4.28. The molecule has 1 fully saturated rings. The van der Waals surface area contributed by atoms with Crippen LogP contribution in [0.25, 0.3) is 0 Å². The van der Waals surface area contributed by atoms with Crippen molar-refractivity contribution < 1.29 is 4.79 Å². The Kier molecular flexibility index (Phi) is 5.11. The molecule has 0 N–H and O–H groups in total. The summed E-state index contributed by atoms with van der Waals surface area (Å²) in [5, 5.41) is 0.489. The van der Waals surface area contributed by atoms with Crippen molar-refractivity contribution in [1.29, 1.82) is 0 Å². The third-order valence-corrected chi connectivity index (χ3v) is 6.31. The monoisotopic (exact) mass is 397 g/mol. The van der Waals surface area contributed by atoms with E-state index in [2.05, 4.69) is 42.2 Å². The second-order valence-corrected chi connectivity index (χ2v) is 9.26. The first-order chi connectivity index (χ1) is 11.7. The summed E-state index contributed by atoms with van der Waals surface area (Å²) >= 11 is 13.6. The molecule has 0 unspecified atom stereocenters. The van der Waals surface area contributed by atoms with Crippen LogP contribution < -0.4 is 4.80 Å². The Bertz CT molecular complexity index is 889. The molecule has 3 rings (SSSR count). The van der Waals surface area contributed by atoms with Crippen LogP contribution in [0.1, 0.15) is 54.7 Å². The minimum atomic E-state index is -0.459. The van der Waals surface area contributed by atoms with E-state index >= 15 is 0 Å². The van der Waals surface area contributed by atoms with Gasteiger partial charge in [-0.15, -0.1) is 11.3 Å². The van der Waals surface area contributed by atoms with Gasteiger partial charge < -0.3 is 4.57 Å². The maximum Gasteiger partial charge on any atom is 0.299 e. The molecule has 0 spiro atoms. The number of aromatic nitrogens is 2. The molecule has 0 atom stereocenters. The standard InChI is InChI=1S/C18H21Cl2N3OS/c1-10-15(18(2,3)4)25-17(23(10)9-11-5-6-11)22-16(24)14-12(19)7-8-13(20)21-14/h7-8,11H,5-6,9H2,1-4H3. The van der Waals surface area contributed by atoms with Crippen molar-refractivity contribution in [3.05, 3.63) is 43.4 Å². The molecule has 0 radical (unpaired) electrons. The summed E-state index contributed by atoms with van der Waals surface area (Å²) in [6.07, 6.45) is 2.48. The highest BCUT2D eigenvalue weighted by Gasteiger charge is 2.27. The summed E-state index contributed by atoms with van der Waals surface area (Å²) in [7, 11) is 0. The molecular formula is C18H21Cl2N3OS. The highest BCUT2D eigenvalue weighted by atomic mass is 35.5. The number of hydrogen-bond donors (Lipinski definition) is 0. The van der Waals surface area contributed by atoms with Gasteiger partial charge >= 0.3 is 0 Å². The van der Waals surface area contributed by atoms with E-state index < -0.39 is 5.91 Å². The minimum absolute atomic E-state index is 0.00280. The number of carbonyl (C=O) groups excluding carboxylic acids is 1. The van der Waals surface area contributed by atoms with Crippen LogP contribution in [0.2, 0.25) is 10.2 Å². The lowest BCUT2D eigenvalue weighted by atomic mass is 9.93. The Labute approximate surface area is 161 Å². The Hall–Kier alpha value is -1.17. The largest absolute Gasteiger partial charge is 0.320 e. The van der Waals surface area contributed by atoms with Crippen molar-refractivity contribution in [2.45, 2.75) is 52.5 Å². The van der Waals surface area contributed by atoms with Gasteiger partial charge in [0.05, 0.1) is 5.02 Å². The van der Waals surface area contributed by atoms with E-state index in [0.717, 1.165) is 6.54 Å². The minimum Gasteiger partial charge on any atom is -0.320 e. The summed E-state index contributed by atoms with van der Waals surface area (Å²) in [5.74, 6) is 0.224. The lowest BCUT2D eigenvalue weighted by Gasteiger charge is -2.17. The van der Waals surface area contributed by atoms with Gasteiger partial charge in [0.15, 0.2) is 10.5 Å². The zero-order valence-corrected chi connectivity index (χ0v) is 17.1. The highest BCUT2D eigenvalue weighted by molar-refractivity contribution is 7.09. The van der Waals surface area contributed by atoms with Crippen LogP contribution in [-0.2, 0) is 12.0 Å². The van der Waals surface area contributed by atoms with Gasteiger partial charge in [-0.25, -0.2) is 4.98 Å². The highest BCUT2D eigenvalue weighted by Crippen LogP contribution is 2.33. The first-order valence-corrected chi connectivity index (χ1v) is 9.86. The molecule has 0 aromatic carbocycles. The molecule has 2 aromatic heterocycles. The molecule has 134 valence electrons. The maximum atomic E-state index is 12.6. The van der Waals surface area contributed by atoms with Crippen LogP contribution in [0.15, 0.2) is 17.1 Å². The molecule has 1 amide bonds. The third-order valence-electron chi connectivity index (χ3n) is 4.19. The topological polar surface area (TPSA) is 47.2 Å². The van der Waals surface area contributed by atoms with Crippen LogP contribution >= 0.6 is 34.5 Å². The average molecular weight is 398 g/mol. The van der Waals surface area contributed by atoms with E-state index in [4.69, 9.17) is 23.2 Å². The molecule has 4 nitrogen and oxygen atoms in total. The predicted octanol–water partition coefficient (Wildman–Crippen LogP) is 5.01. The Morgan fingerprint density at radius 2 is 2.04 bits per heavy atom. The molecule has 7 heteroatoms. The van der Waals surface area contributed by atoms with Crippen LogP contribution in [0, 0.1) is 12.8 Å². The van der Waals surface area contributed by atoms with Crippen LogP contribution in [0.5, 0.6) is 0 Å². The molecule has 2 heterocycles. The molecule has 25 heavy (non-hydrogen) atoms. The number of carbonyl (C=O) groups is 1. The van der Waals surface area contributed by atoms with E-state index in [1.165, 1.54) is 23.4 Å². The van der Waals surface area contributed by atoms with Crippen LogP contribution in [-0.4, -0.2) is 15.5 Å². The van der Waals surface area contributed by atoms with Crippen molar-refractivity contribution in [2.75, 3.05) is 0 Å². The molecule has 0 aliphatic heterocycles. The Morgan fingerprint density at radius 1 is 1.36 bits per heavy atom. The molecule has 1 aliphatic rings. The Morgan fingerprint density at radius 3 is 2.64 bits per heavy atom. The summed E-state index contributed by atoms with van der Waals surface area (Å²) in [6, 6.07) is 3.12. The van der Waals surface area contributed by atoms with E-state index in [9.17, 15) is 4.79 Å². The summed E-state index contributed by atoms with van der Waals surface area (Å²) in [6.45, 7) is 9.53. The number of amides is 1. The molecule has 0 bridgehead atoms. The van der Waals surface area contributed by atoms with Gasteiger partial charge in [-0.05, 0) is 43.2 Å². The van der Waals surface area contributed by atoms with E-state index in [0.29, 0.717) is 10.7 Å². The van der Waals surface area contributed by atoms with Crippen LogP contribution in [0.3, 0.4) is 0 Å². The molecular weight excluding hydrogens is 377 g/mol. The number of pyridine rings is 1. The van der Waals surface area contributed by atoms with Gasteiger partial charge in [-0.3, -0.25) is 4.79 Å². The van der Waals surface area contributed by atoms with E-state index in [-0.39, 0.29) is 21.3 Å². The van der Waals surface area contributed by atoms with Crippen molar-refractivity contribution >= 4 is 40.4 Å². The smallest absolute Gasteiger partial charge is 0.299 e. The van der Waals surface area contributed by atoms with E-state index in [1.54, 1.807) is 23.5 Å². The second-order valence-electron chi connectivity index (χ2n) is 7.48. The lowest BCUT2D eigenvalue weighted by Crippen LogP contribution is -2.20. The SMILES string of the molecule is Cc1c(C(C)(C)C)sc(=NC(=O)c2nc(Cl)ccc2Cl)n1CC1CC1. The number of nitrogens with zero attached hydrogens (tertiary/aromatic N) is 3. The third kappa shape index (κ3) is 4.15. The van der Waals surface area contributed by atoms with Crippen molar-refractivity contribution in [3.63, 3.8) is 0 Å². The lowest BCUT2D eigenvalue weighted by molar-refractivity contribution is 0.0993. The first-order valence-electron chi connectivity index (χ1n) is 8.28. The number of halogens is 2. The van der Waals surface area contributed by atoms with E-state index in [1.807, 2.05) is 0 Å². The van der Waals surface area contributed by atoms with Crippen molar-refractivity contribution in [2.24, 2.45) is 10.9 Å². The fourth-order valence-electron chi connectivity index (χ4n) is 2.75. The number of thiazole rings is 1. The fraction of sp³-hybridized carbons (Fsp3) is 0.500. The zero-order valence-electron chi connectivity index (χ0n) is 14.8. The molecule has 1 saturated carbocycles. The van der Waals surface area contributed by atoms with Crippen molar-refractivity contribution in [1.82, 2.24) is 9.55 Å². The maximum absolute atomic E-state index is 12.6. The Balaban J connectivity index is 2.09. The second kappa shape index (κ2) is 6.86. The number of hydrogen-bond acceptors (Lipinski definition) is 3. The van der Waals surface area contributed by atoms with Gasteiger partial charge in [0, 0.05) is 17.1 Å². The summed E-state index contributed by atoms with van der Waals surface area (Å²) in [5.41, 5.74) is 1.28. The molecule has 0 saturated heterocycles. The van der Waals surface area contributed by atoms with Crippen molar-refractivity contribution in [3.8, 4) is 0 Å². The number of rotatable bonds is 3. The van der Waals surface area contributed by atoms with Gasteiger partial charge in [0.25, 0.3) is 5.91 Å². The quantitative estimate of drug-likeness (QED) is 0.683. The van der Waals surface area contributed by atoms with Gasteiger partial charge in [-0.2, -0.15) is 4.99 Å². The molecule has 1 aliphatic carbocycles. The molecule has 2 aromatic rings. The summed E-state index contributed by atoms with van der Waals surface area (Å²) < 4.78 is 2.17. The first kappa shape index (κ1) is 18.6. The van der Waals surface area contributed by atoms with Gasteiger partial charge in [-0.1, -0.05) is 44.0 Å². The summed E-state index contributed by atoms with van der Waals surface area (Å²) in [4.78, 5) is 23.0. The van der Waals surface area contributed by atoms with Crippen LogP contribution in [0.4, 0.5) is 0 Å². The van der Waals surface area contributed by atoms with Gasteiger partial charge in [0.1, 0.15) is 5.15 Å². The predicted molar refractivity (Wildman–Crippen MR) is 103 cm³/mol. The van der Waals surface area contributed by atoms with Gasteiger partial charge in [0.2, 0.25) is 0 Å². The zero-order chi connectivity index (χ0) is 18.4. The average Bonchev–Trinajstić information content (AvgIpc) is 3.28.